The topological polar surface area (TPSA) is 24.7 Å². The molecule has 0 atom stereocenters. The first kappa shape index (κ1) is 6.28. The van der Waals surface area contributed by atoms with Crippen LogP contribution in [0, 0.1) is 0 Å². The minimum absolute atomic E-state index is 0.746. The number of hydrogen-bond donors (Lipinski definition) is 0. The highest BCUT2D eigenvalue weighted by atomic mass is 14.9. The van der Waals surface area contributed by atoms with Crippen molar-refractivity contribution in [1.29, 1.82) is 0 Å². The molecule has 0 bridgehead atoms. The van der Waals surface area contributed by atoms with Crippen LogP contribution in [0.1, 0.15) is 11.1 Å². The highest BCUT2D eigenvalue weighted by Crippen LogP contribution is 2.08. The van der Waals surface area contributed by atoms with E-state index in [0.29, 0.717) is 0 Å². The molecule has 0 aromatic heterocycles. The van der Waals surface area contributed by atoms with Gasteiger partial charge < -0.3 is 0 Å². The molecular formula is C9H8N2. The molecule has 1 aliphatic rings. The van der Waals surface area contributed by atoms with Gasteiger partial charge >= 0.3 is 0 Å². The van der Waals surface area contributed by atoms with Crippen LogP contribution in [0.4, 0.5) is 0 Å². The van der Waals surface area contributed by atoms with E-state index in [4.69, 9.17) is 0 Å². The Morgan fingerprint density at radius 1 is 1.18 bits per heavy atom. The molecule has 54 valence electrons. The van der Waals surface area contributed by atoms with E-state index in [-0.39, 0.29) is 0 Å². The molecule has 11 heavy (non-hydrogen) atoms. The van der Waals surface area contributed by atoms with E-state index in [1.807, 2.05) is 24.4 Å². The van der Waals surface area contributed by atoms with Crippen molar-refractivity contribution in [2.24, 2.45) is 9.98 Å². The van der Waals surface area contributed by atoms with Gasteiger partial charge in [-0.1, -0.05) is 24.3 Å². The maximum Gasteiger partial charge on any atom is 0.110 e. The largest absolute Gasteiger partial charge is 0.269 e. The van der Waals surface area contributed by atoms with Gasteiger partial charge in [-0.25, -0.2) is 4.99 Å². The van der Waals surface area contributed by atoms with Crippen molar-refractivity contribution in [1.82, 2.24) is 0 Å². The van der Waals surface area contributed by atoms with Crippen LogP contribution in [-0.2, 0) is 6.54 Å². The predicted molar refractivity (Wildman–Crippen MR) is 46.2 cm³/mol. The average molecular weight is 144 g/mol. The second-order valence-corrected chi connectivity index (χ2v) is 2.43. The van der Waals surface area contributed by atoms with Crippen molar-refractivity contribution in [3.05, 3.63) is 35.4 Å². The van der Waals surface area contributed by atoms with Crippen molar-refractivity contribution in [2.75, 3.05) is 0 Å². The third-order valence-electron chi connectivity index (χ3n) is 1.68. The summed E-state index contributed by atoms with van der Waals surface area (Å²) < 4.78 is 0. The molecule has 2 rings (SSSR count). The summed E-state index contributed by atoms with van der Waals surface area (Å²) in [5, 5.41) is 0. The van der Waals surface area contributed by atoms with Gasteiger partial charge in [0.1, 0.15) is 6.34 Å². The molecule has 0 amide bonds. The first-order valence-electron chi connectivity index (χ1n) is 3.56. The second-order valence-electron chi connectivity index (χ2n) is 2.43. The van der Waals surface area contributed by atoms with Gasteiger partial charge in [0.15, 0.2) is 0 Å². The molecule has 1 heterocycles. The van der Waals surface area contributed by atoms with Crippen LogP contribution in [0.5, 0.6) is 0 Å². The lowest BCUT2D eigenvalue weighted by Gasteiger charge is -1.97. The minimum Gasteiger partial charge on any atom is -0.269 e. The summed E-state index contributed by atoms with van der Waals surface area (Å²) in [6.45, 7) is 0.746. The number of hydrogen-bond acceptors (Lipinski definition) is 2. The van der Waals surface area contributed by atoms with Crippen LogP contribution in [0.15, 0.2) is 34.3 Å². The van der Waals surface area contributed by atoms with E-state index >= 15 is 0 Å². The number of benzene rings is 1. The minimum atomic E-state index is 0.746. The molecule has 1 aliphatic heterocycles. The van der Waals surface area contributed by atoms with Crippen molar-refractivity contribution < 1.29 is 0 Å². The third-order valence-corrected chi connectivity index (χ3v) is 1.68. The van der Waals surface area contributed by atoms with Crippen LogP contribution in [0.3, 0.4) is 0 Å². The van der Waals surface area contributed by atoms with E-state index in [9.17, 15) is 0 Å². The lowest BCUT2D eigenvalue weighted by molar-refractivity contribution is 1.08. The Morgan fingerprint density at radius 3 is 3.09 bits per heavy atom. The summed E-state index contributed by atoms with van der Waals surface area (Å²) in [6, 6.07) is 8.15. The zero-order chi connectivity index (χ0) is 7.52. The Labute approximate surface area is 65.3 Å². The summed E-state index contributed by atoms with van der Waals surface area (Å²) in [6.07, 6.45) is 3.44. The number of aliphatic imine (C=N–C) groups is 2. The summed E-state index contributed by atoms with van der Waals surface area (Å²) in [5.74, 6) is 0. The van der Waals surface area contributed by atoms with Gasteiger partial charge in [-0.05, 0) is 11.1 Å². The molecule has 0 spiro atoms. The highest BCUT2D eigenvalue weighted by Gasteiger charge is 1.98. The van der Waals surface area contributed by atoms with Gasteiger partial charge in [-0.15, -0.1) is 0 Å². The monoisotopic (exact) mass is 144 g/mol. The Balaban J connectivity index is 2.52. The molecule has 2 heteroatoms. The van der Waals surface area contributed by atoms with E-state index in [2.05, 4.69) is 16.1 Å². The lowest BCUT2D eigenvalue weighted by Crippen LogP contribution is -1.87. The molecule has 1 aromatic carbocycles. The third kappa shape index (κ3) is 1.19. The van der Waals surface area contributed by atoms with Crippen LogP contribution in [0.25, 0.3) is 0 Å². The Bertz CT molecular complexity index is 313. The van der Waals surface area contributed by atoms with Crippen molar-refractivity contribution >= 4 is 12.6 Å². The van der Waals surface area contributed by atoms with Crippen molar-refractivity contribution in [2.45, 2.75) is 6.54 Å². The normalized spacial score (nSPS) is 14.2. The fraction of sp³-hybridized carbons (Fsp3) is 0.111. The quantitative estimate of drug-likeness (QED) is 0.529. The molecule has 0 saturated carbocycles. The maximum atomic E-state index is 4.09. The smallest absolute Gasteiger partial charge is 0.110 e. The first-order valence-corrected chi connectivity index (χ1v) is 3.56. The first-order chi connectivity index (χ1) is 5.47. The standard InChI is InChI=1S/C9H8N2/c1-2-4-9-6-11-7-10-5-8(9)3-1/h1-5,7H,6H2. The van der Waals surface area contributed by atoms with Gasteiger partial charge in [0.05, 0.1) is 6.54 Å². The van der Waals surface area contributed by atoms with E-state index in [0.717, 1.165) is 6.54 Å². The van der Waals surface area contributed by atoms with Crippen LogP contribution >= 0.6 is 0 Å². The molecule has 0 N–H and O–H groups in total. The Morgan fingerprint density at radius 2 is 2.09 bits per heavy atom. The van der Waals surface area contributed by atoms with Crippen molar-refractivity contribution in [3.8, 4) is 0 Å². The highest BCUT2D eigenvalue weighted by molar-refractivity contribution is 5.88. The van der Waals surface area contributed by atoms with E-state index < -0.39 is 0 Å². The lowest BCUT2D eigenvalue weighted by atomic mass is 10.1. The molecule has 2 nitrogen and oxygen atoms in total. The molecule has 0 unspecified atom stereocenters. The molecule has 1 aromatic rings. The molecule has 0 saturated heterocycles. The molecule has 0 radical (unpaired) electrons. The molecular weight excluding hydrogens is 136 g/mol. The van der Waals surface area contributed by atoms with Gasteiger partial charge in [0, 0.05) is 6.21 Å². The van der Waals surface area contributed by atoms with Crippen LogP contribution in [0.2, 0.25) is 0 Å². The zero-order valence-corrected chi connectivity index (χ0v) is 6.07. The van der Waals surface area contributed by atoms with Crippen LogP contribution < -0.4 is 0 Å². The second kappa shape index (κ2) is 2.66. The predicted octanol–water partition coefficient (Wildman–Crippen LogP) is 1.65. The van der Waals surface area contributed by atoms with E-state index in [1.165, 1.54) is 11.1 Å². The van der Waals surface area contributed by atoms with Crippen LogP contribution in [-0.4, -0.2) is 12.6 Å². The summed E-state index contributed by atoms with van der Waals surface area (Å²) in [7, 11) is 0. The van der Waals surface area contributed by atoms with Gasteiger partial charge in [0.25, 0.3) is 0 Å². The maximum absolute atomic E-state index is 4.09. The SMILES string of the molecule is C1=NC=NCc2ccccc21. The molecule has 0 aliphatic carbocycles. The van der Waals surface area contributed by atoms with Gasteiger partial charge in [0.2, 0.25) is 0 Å². The van der Waals surface area contributed by atoms with Gasteiger partial charge in [-0.2, -0.15) is 0 Å². The Kier molecular flexibility index (Phi) is 1.52. The summed E-state index contributed by atoms with van der Waals surface area (Å²) in [5.41, 5.74) is 2.41. The van der Waals surface area contributed by atoms with Crippen molar-refractivity contribution in [3.63, 3.8) is 0 Å². The number of nitrogens with zero attached hydrogens (tertiary/aromatic N) is 2. The zero-order valence-electron chi connectivity index (χ0n) is 6.07. The summed E-state index contributed by atoms with van der Waals surface area (Å²) >= 11 is 0. The van der Waals surface area contributed by atoms with E-state index in [1.54, 1.807) is 6.34 Å². The Hall–Kier alpha value is -1.44. The number of rotatable bonds is 0. The fourth-order valence-electron chi connectivity index (χ4n) is 1.10. The number of fused-ring (bicyclic) bond motifs is 1. The average Bonchev–Trinajstić information content (AvgIpc) is 2.28. The summed E-state index contributed by atoms with van der Waals surface area (Å²) in [4.78, 5) is 8.08. The molecule has 0 fully saturated rings. The fourth-order valence-corrected chi connectivity index (χ4v) is 1.10. The van der Waals surface area contributed by atoms with Gasteiger partial charge in [-0.3, -0.25) is 4.99 Å².